The standard InChI is InChI=1S/C49H55ClN11O6P/c1-57-28-32(25-52-57)35-23-39(54-49-51-26-37(50)45(56-49)53-38-10-7-31(30-5-6-30)21-43(38)68(3,4)66)42(67-2)24-41(35)60-19-17-58(18-20-60)27-29-13-15-59(16-14-29)33-8-9-34-36(22-33)48(65)61(47(34)64)40-11-12-44(62)55-46(40)63/h7-10,21-26,28-30,40H,5-6,11-20,27H2,1-4H3,(H,55,62,63)(H2,51,53,54,56). The van der Waals surface area contributed by atoms with Crippen molar-refractivity contribution in [3.63, 3.8) is 0 Å². The predicted molar refractivity (Wildman–Crippen MR) is 263 cm³/mol. The van der Waals surface area contributed by atoms with Gasteiger partial charge in [0.15, 0.2) is 5.82 Å². The number of fused-ring (bicyclic) bond motifs is 1. The molecule has 3 saturated heterocycles. The topological polar surface area (TPSA) is 187 Å². The number of amides is 4. The minimum absolute atomic E-state index is 0.0843. The van der Waals surface area contributed by atoms with E-state index in [1.807, 2.05) is 31.6 Å². The molecule has 3 aromatic carbocycles. The molecule has 68 heavy (non-hydrogen) atoms. The number of benzene rings is 3. The molecule has 5 aromatic rings. The Bertz CT molecular complexity index is 2880. The number of piperazine rings is 1. The van der Waals surface area contributed by atoms with Gasteiger partial charge >= 0.3 is 0 Å². The van der Waals surface area contributed by atoms with Crippen LogP contribution in [0.15, 0.2) is 67.1 Å². The Hall–Kier alpha value is -6.29. The van der Waals surface area contributed by atoms with E-state index < -0.39 is 36.8 Å². The number of piperidine rings is 2. The predicted octanol–water partition coefficient (Wildman–Crippen LogP) is 6.59. The van der Waals surface area contributed by atoms with Crippen molar-refractivity contribution in [2.75, 3.05) is 86.7 Å². The Morgan fingerprint density at radius 1 is 0.824 bits per heavy atom. The summed E-state index contributed by atoms with van der Waals surface area (Å²) in [5, 5.41) is 14.6. The van der Waals surface area contributed by atoms with Crippen molar-refractivity contribution in [3.05, 3.63) is 88.8 Å². The Morgan fingerprint density at radius 3 is 2.28 bits per heavy atom. The van der Waals surface area contributed by atoms with Gasteiger partial charge in [-0.3, -0.25) is 39.0 Å². The van der Waals surface area contributed by atoms with Crippen molar-refractivity contribution in [3.8, 4) is 16.9 Å². The van der Waals surface area contributed by atoms with E-state index >= 15 is 0 Å². The number of aromatic nitrogens is 4. The second kappa shape index (κ2) is 18.3. The largest absolute Gasteiger partial charge is 0.494 e. The number of hydrogen-bond donors (Lipinski definition) is 3. The second-order valence-electron chi connectivity index (χ2n) is 18.9. The molecule has 6 heterocycles. The summed E-state index contributed by atoms with van der Waals surface area (Å²) in [6, 6.07) is 14.6. The Balaban J connectivity index is 0.791. The lowest BCUT2D eigenvalue weighted by atomic mass is 9.95. The maximum absolute atomic E-state index is 13.5. The molecule has 4 fully saturated rings. The lowest BCUT2D eigenvalue weighted by molar-refractivity contribution is -0.136. The van der Waals surface area contributed by atoms with E-state index in [0.717, 1.165) is 104 Å². The van der Waals surface area contributed by atoms with Gasteiger partial charge in [0, 0.05) is 99.4 Å². The van der Waals surface area contributed by atoms with Crippen LogP contribution in [0.3, 0.4) is 0 Å². The van der Waals surface area contributed by atoms with Gasteiger partial charge in [-0.2, -0.15) is 10.1 Å². The molecule has 1 atom stereocenters. The molecule has 0 radical (unpaired) electrons. The Labute approximate surface area is 399 Å². The molecule has 354 valence electrons. The third kappa shape index (κ3) is 9.18. The number of nitrogens with zero attached hydrogens (tertiary/aromatic N) is 8. The zero-order valence-electron chi connectivity index (χ0n) is 38.6. The minimum Gasteiger partial charge on any atom is -0.494 e. The van der Waals surface area contributed by atoms with Crippen LogP contribution in [0.25, 0.3) is 11.1 Å². The van der Waals surface area contributed by atoms with Gasteiger partial charge in [0.25, 0.3) is 11.8 Å². The number of carbonyl (C=O) groups is 4. The summed E-state index contributed by atoms with van der Waals surface area (Å²) < 4.78 is 21.2. The number of halogens is 1. The number of anilines is 6. The molecule has 0 spiro atoms. The molecule has 1 saturated carbocycles. The zero-order valence-corrected chi connectivity index (χ0v) is 40.3. The van der Waals surface area contributed by atoms with Crippen LogP contribution in [-0.4, -0.2) is 125 Å². The van der Waals surface area contributed by atoms with Crippen molar-refractivity contribution >= 4 is 82.2 Å². The molecule has 4 aliphatic heterocycles. The third-order valence-corrected chi connectivity index (χ3v) is 15.7. The SMILES string of the molecule is COc1cc(N2CCN(CC3CCN(c4ccc5c(c4)C(=O)N(C4CCC(=O)NC4=O)C5=O)CC3)CC2)c(-c2cnn(C)c2)cc1Nc1ncc(Cl)c(Nc2ccc(C3CC3)cc2P(C)(C)=O)n1. The van der Waals surface area contributed by atoms with Gasteiger partial charge < -0.3 is 29.7 Å². The highest BCUT2D eigenvalue weighted by Crippen LogP contribution is 2.45. The van der Waals surface area contributed by atoms with E-state index in [2.05, 4.69) is 65.0 Å². The van der Waals surface area contributed by atoms with Gasteiger partial charge in [-0.05, 0) is 99.2 Å². The van der Waals surface area contributed by atoms with Crippen LogP contribution in [0.5, 0.6) is 5.75 Å². The van der Waals surface area contributed by atoms with Crippen LogP contribution >= 0.6 is 18.7 Å². The van der Waals surface area contributed by atoms with E-state index in [1.54, 1.807) is 43.5 Å². The van der Waals surface area contributed by atoms with E-state index in [9.17, 15) is 23.7 Å². The molecule has 17 nitrogen and oxygen atoms in total. The summed E-state index contributed by atoms with van der Waals surface area (Å²) >= 11 is 6.66. The summed E-state index contributed by atoms with van der Waals surface area (Å²) in [4.78, 5) is 68.5. The molecule has 4 amide bonds. The minimum atomic E-state index is -2.64. The molecular formula is C49H55ClN11O6P. The highest BCUT2D eigenvalue weighted by molar-refractivity contribution is 7.70. The van der Waals surface area contributed by atoms with Gasteiger partial charge in [0.2, 0.25) is 17.8 Å². The zero-order chi connectivity index (χ0) is 47.4. The molecule has 5 aliphatic rings. The fraction of sp³-hybridized carbons (Fsp3) is 0.408. The number of hydrogen-bond acceptors (Lipinski definition) is 14. The highest BCUT2D eigenvalue weighted by atomic mass is 35.5. The monoisotopic (exact) mass is 959 g/mol. The number of aryl methyl sites for hydroxylation is 1. The van der Waals surface area contributed by atoms with Gasteiger partial charge in [0.05, 0.1) is 42.0 Å². The lowest BCUT2D eigenvalue weighted by Crippen LogP contribution is -2.54. The van der Waals surface area contributed by atoms with Crippen LogP contribution in [0.2, 0.25) is 5.02 Å². The maximum Gasteiger partial charge on any atom is 0.262 e. The maximum atomic E-state index is 13.5. The van der Waals surface area contributed by atoms with Crippen LogP contribution in [0.4, 0.5) is 34.5 Å². The van der Waals surface area contributed by atoms with Crippen molar-refractivity contribution in [2.24, 2.45) is 13.0 Å². The fourth-order valence-corrected chi connectivity index (χ4v) is 11.3. The van der Waals surface area contributed by atoms with Crippen molar-refractivity contribution in [1.29, 1.82) is 0 Å². The second-order valence-corrected chi connectivity index (χ2v) is 22.5. The molecule has 0 bridgehead atoms. The fourth-order valence-electron chi connectivity index (χ4n) is 9.99. The number of nitrogens with one attached hydrogen (secondary N) is 3. The normalized spacial score (nSPS) is 19.4. The average molecular weight is 960 g/mol. The Kier molecular flexibility index (Phi) is 12.3. The molecular weight excluding hydrogens is 905 g/mol. The van der Waals surface area contributed by atoms with Crippen LogP contribution < -0.4 is 35.8 Å². The summed E-state index contributed by atoms with van der Waals surface area (Å²) in [6.45, 7) is 9.62. The molecule has 10 rings (SSSR count). The molecule has 19 heteroatoms. The van der Waals surface area contributed by atoms with E-state index in [4.69, 9.17) is 21.3 Å². The summed E-state index contributed by atoms with van der Waals surface area (Å²) in [6.07, 6.45) is 9.91. The van der Waals surface area contributed by atoms with Gasteiger partial charge in [-0.15, -0.1) is 0 Å². The smallest absolute Gasteiger partial charge is 0.262 e. The van der Waals surface area contributed by atoms with Gasteiger partial charge in [-0.25, -0.2) is 4.98 Å². The van der Waals surface area contributed by atoms with E-state index in [0.29, 0.717) is 56.9 Å². The lowest BCUT2D eigenvalue weighted by Gasteiger charge is -2.40. The van der Waals surface area contributed by atoms with Gasteiger partial charge in [0.1, 0.15) is 24.0 Å². The Morgan fingerprint density at radius 2 is 1.59 bits per heavy atom. The first-order valence-corrected chi connectivity index (χ1v) is 26.2. The van der Waals surface area contributed by atoms with E-state index in [1.165, 1.54) is 5.56 Å². The average Bonchev–Trinajstić information content (AvgIpc) is 4.04. The third-order valence-electron chi connectivity index (χ3n) is 13.9. The number of ether oxygens (including phenoxy) is 1. The van der Waals surface area contributed by atoms with Crippen LogP contribution in [0.1, 0.15) is 70.7 Å². The first-order valence-electron chi connectivity index (χ1n) is 23.3. The number of rotatable bonds is 13. The van der Waals surface area contributed by atoms with Crippen LogP contribution in [0, 0.1) is 5.92 Å². The van der Waals surface area contributed by atoms with Crippen LogP contribution in [-0.2, 0) is 21.2 Å². The quantitative estimate of drug-likeness (QED) is 0.0847. The summed E-state index contributed by atoms with van der Waals surface area (Å²) in [5.74, 6) is 0.368. The molecule has 2 aromatic heterocycles. The molecule has 1 unspecified atom stereocenters. The van der Waals surface area contributed by atoms with Crippen molar-refractivity contribution in [2.45, 2.75) is 50.5 Å². The van der Waals surface area contributed by atoms with Crippen molar-refractivity contribution < 1.29 is 28.5 Å². The van der Waals surface area contributed by atoms with Crippen molar-refractivity contribution in [1.82, 2.24) is 34.9 Å². The van der Waals surface area contributed by atoms with E-state index in [-0.39, 0.29) is 12.8 Å². The number of imide groups is 2. The first kappa shape index (κ1) is 45.5. The number of methoxy groups -OCH3 is 1. The molecule has 1 aliphatic carbocycles. The molecule has 3 N–H and O–H groups in total. The highest BCUT2D eigenvalue weighted by Gasteiger charge is 2.45. The number of carbonyl (C=O) groups excluding carboxylic acids is 4. The first-order chi connectivity index (χ1) is 32.7. The summed E-state index contributed by atoms with van der Waals surface area (Å²) in [7, 11) is 0.916. The summed E-state index contributed by atoms with van der Waals surface area (Å²) in [5.41, 5.74) is 7.04. The van der Waals surface area contributed by atoms with Gasteiger partial charge in [-0.1, -0.05) is 17.7 Å².